The van der Waals surface area contributed by atoms with Crippen LogP contribution in [0.25, 0.3) is 0 Å². The van der Waals surface area contributed by atoms with Gasteiger partial charge >= 0.3 is 0 Å². The lowest BCUT2D eigenvalue weighted by Crippen LogP contribution is -2.50. The van der Waals surface area contributed by atoms with Gasteiger partial charge in [-0.15, -0.1) is 11.3 Å². The van der Waals surface area contributed by atoms with Gasteiger partial charge in [-0.25, -0.2) is 4.98 Å². The van der Waals surface area contributed by atoms with E-state index in [1.165, 1.54) is 0 Å². The van der Waals surface area contributed by atoms with Crippen molar-refractivity contribution < 1.29 is 0 Å². The smallest absolute Gasteiger partial charge is 0.139 e. The van der Waals surface area contributed by atoms with Crippen LogP contribution in [0.5, 0.6) is 0 Å². The topological polar surface area (TPSA) is 28.2 Å². The fourth-order valence-electron chi connectivity index (χ4n) is 1.53. The highest BCUT2D eigenvalue weighted by Crippen LogP contribution is 2.17. The Bertz CT molecular complexity index is 234. The van der Waals surface area contributed by atoms with E-state index in [0.29, 0.717) is 6.04 Å². The van der Waals surface area contributed by atoms with E-state index >= 15 is 0 Å². The second-order valence-electron chi connectivity index (χ2n) is 3.09. The van der Waals surface area contributed by atoms with E-state index in [4.69, 9.17) is 0 Å². The fourth-order valence-corrected chi connectivity index (χ4v) is 2.08. The molecular weight excluding hydrogens is 170 g/mol. The molecule has 1 aromatic rings. The van der Waals surface area contributed by atoms with Crippen molar-refractivity contribution in [3.63, 3.8) is 0 Å². The highest BCUT2D eigenvalue weighted by Gasteiger charge is 2.18. The van der Waals surface area contributed by atoms with Crippen LogP contribution in [-0.4, -0.2) is 30.7 Å². The van der Waals surface area contributed by atoms with Gasteiger partial charge in [0, 0.05) is 31.1 Å². The Morgan fingerprint density at radius 3 is 3.33 bits per heavy atom. The molecule has 4 heteroatoms. The van der Waals surface area contributed by atoms with Crippen LogP contribution in [0.15, 0.2) is 10.9 Å². The molecule has 2 rings (SSSR count). The maximum atomic E-state index is 4.31. The zero-order chi connectivity index (χ0) is 8.39. The molecule has 0 radical (unpaired) electrons. The van der Waals surface area contributed by atoms with Gasteiger partial charge in [-0.3, -0.25) is 0 Å². The minimum atomic E-state index is 0.570. The standard InChI is InChI=1S/C8H13N3S/c1-7-4-9-2-3-11(7)8-5-12-6-10-8/h5-7,9H,2-4H2,1H3. The quantitative estimate of drug-likeness (QED) is 0.702. The SMILES string of the molecule is CC1CNCCN1c1cscn1. The van der Waals surface area contributed by atoms with Gasteiger partial charge in [0.05, 0.1) is 5.51 Å². The van der Waals surface area contributed by atoms with Crippen LogP contribution in [0.1, 0.15) is 6.92 Å². The molecule has 1 atom stereocenters. The first-order valence-electron chi connectivity index (χ1n) is 4.23. The summed E-state index contributed by atoms with van der Waals surface area (Å²) in [5.41, 5.74) is 1.89. The molecule has 0 spiro atoms. The molecule has 1 aliphatic heterocycles. The molecule has 1 saturated heterocycles. The molecule has 1 N–H and O–H groups in total. The number of aromatic nitrogens is 1. The normalized spacial score (nSPS) is 24.4. The molecule has 0 saturated carbocycles. The summed E-state index contributed by atoms with van der Waals surface area (Å²) in [5.74, 6) is 1.13. The van der Waals surface area contributed by atoms with Crippen LogP contribution in [0.4, 0.5) is 5.82 Å². The van der Waals surface area contributed by atoms with Crippen molar-refractivity contribution in [1.29, 1.82) is 0 Å². The zero-order valence-electron chi connectivity index (χ0n) is 7.16. The zero-order valence-corrected chi connectivity index (χ0v) is 7.97. The highest BCUT2D eigenvalue weighted by atomic mass is 32.1. The molecule has 0 amide bonds. The molecule has 1 fully saturated rings. The average molecular weight is 183 g/mol. The predicted molar refractivity (Wildman–Crippen MR) is 51.8 cm³/mol. The van der Waals surface area contributed by atoms with E-state index in [9.17, 15) is 0 Å². The Kier molecular flexibility index (Phi) is 2.28. The van der Waals surface area contributed by atoms with E-state index in [0.717, 1.165) is 25.5 Å². The summed E-state index contributed by atoms with van der Waals surface area (Å²) in [6.45, 7) is 5.44. The molecule has 1 aromatic heterocycles. The van der Waals surface area contributed by atoms with Gasteiger partial charge in [0.25, 0.3) is 0 Å². The highest BCUT2D eigenvalue weighted by molar-refractivity contribution is 7.07. The summed E-state index contributed by atoms with van der Waals surface area (Å²) < 4.78 is 0. The number of piperazine rings is 1. The number of thiazole rings is 1. The molecular formula is C8H13N3S. The van der Waals surface area contributed by atoms with Gasteiger partial charge in [-0.2, -0.15) is 0 Å². The van der Waals surface area contributed by atoms with Crippen molar-refractivity contribution in [2.75, 3.05) is 24.5 Å². The van der Waals surface area contributed by atoms with Gasteiger partial charge < -0.3 is 10.2 Å². The summed E-state index contributed by atoms with van der Waals surface area (Å²) in [6, 6.07) is 0.570. The van der Waals surface area contributed by atoms with E-state index in [2.05, 4.69) is 27.5 Å². The lowest BCUT2D eigenvalue weighted by molar-refractivity contribution is 0.498. The molecule has 1 unspecified atom stereocenters. The van der Waals surface area contributed by atoms with Crippen LogP contribution in [0.2, 0.25) is 0 Å². The Morgan fingerprint density at radius 1 is 1.75 bits per heavy atom. The van der Waals surface area contributed by atoms with Crippen LogP contribution < -0.4 is 10.2 Å². The Labute approximate surface area is 76.4 Å². The summed E-state index contributed by atoms with van der Waals surface area (Å²) in [4.78, 5) is 6.66. The van der Waals surface area contributed by atoms with Crippen molar-refractivity contribution in [3.8, 4) is 0 Å². The predicted octanol–water partition coefficient (Wildman–Crippen LogP) is 0.941. The maximum absolute atomic E-state index is 4.31. The fraction of sp³-hybridized carbons (Fsp3) is 0.625. The molecule has 1 aliphatic rings. The summed E-state index contributed by atoms with van der Waals surface area (Å²) in [6.07, 6.45) is 0. The largest absolute Gasteiger partial charge is 0.351 e. The van der Waals surface area contributed by atoms with Crippen LogP contribution >= 0.6 is 11.3 Å². The third-order valence-electron chi connectivity index (χ3n) is 2.21. The lowest BCUT2D eigenvalue weighted by atomic mass is 10.2. The minimum Gasteiger partial charge on any atom is -0.351 e. The summed E-state index contributed by atoms with van der Waals surface area (Å²) in [5, 5.41) is 5.47. The lowest BCUT2D eigenvalue weighted by Gasteiger charge is -2.34. The first-order chi connectivity index (χ1) is 5.88. The van der Waals surface area contributed by atoms with Crippen molar-refractivity contribution in [2.24, 2.45) is 0 Å². The molecule has 0 aromatic carbocycles. The number of anilines is 1. The van der Waals surface area contributed by atoms with Gasteiger partial charge in [0.15, 0.2) is 0 Å². The summed E-state index contributed by atoms with van der Waals surface area (Å²) >= 11 is 1.66. The van der Waals surface area contributed by atoms with Crippen molar-refractivity contribution in [2.45, 2.75) is 13.0 Å². The molecule has 0 bridgehead atoms. The van der Waals surface area contributed by atoms with E-state index in [1.54, 1.807) is 11.3 Å². The Morgan fingerprint density at radius 2 is 2.67 bits per heavy atom. The Hall–Kier alpha value is -0.610. The van der Waals surface area contributed by atoms with Crippen LogP contribution in [-0.2, 0) is 0 Å². The van der Waals surface area contributed by atoms with Crippen LogP contribution in [0, 0.1) is 0 Å². The maximum Gasteiger partial charge on any atom is 0.139 e. The minimum absolute atomic E-state index is 0.570. The molecule has 2 heterocycles. The third-order valence-corrected chi connectivity index (χ3v) is 2.79. The first-order valence-corrected chi connectivity index (χ1v) is 5.18. The number of hydrogen-bond acceptors (Lipinski definition) is 4. The number of nitrogens with zero attached hydrogens (tertiary/aromatic N) is 2. The Balaban J connectivity index is 2.11. The molecule has 12 heavy (non-hydrogen) atoms. The molecule has 3 nitrogen and oxygen atoms in total. The second-order valence-corrected chi connectivity index (χ2v) is 3.81. The first kappa shape index (κ1) is 8.01. The number of rotatable bonds is 1. The van der Waals surface area contributed by atoms with E-state index in [1.807, 2.05) is 5.51 Å². The van der Waals surface area contributed by atoms with Gasteiger partial charge in [0.2, 0.25) is 0 Å². The van der Waals surface area contributed by atoms with Crippen molar-refractivity contribution in [1.82, 2.24) is 10.3 Å². The van der Waals surface area contributed by atoms with Gasteiger partial charge in [0.1, 0.15) is 5.82 Å². The van der Waals surface area contributed by atoms with Gasteiger partial charge in [-0.05, 0) is 6.92 Å². The molecule has 66 valence electrons. The van der Waals surface area contributed by atoms with E-state index < -0.39 is 0 Å². The second kappa shape index (κ2) is 3.41. The van der Waals surface area contributed by atoms with Gasteiger partial charge in [-0.1, -0.05) is 0 Å². The molecule has 0 aliphatic carbocycles. The number of hydrogen-bond donors (Lipinski definition) is 1. The third kappa shape index (κ3) is 1.44. The van der Waals surface area contributed by atoms with Crippen molar-refractivity contribution in [3.05, 3.63) is 10.9 Å². The summed E-state index contributed by atoms with van der Waals surface area (Å²) in [7, 11) is 0. The van der Waals surface area contributed by atoms with Crippen LogP contribution in [0.3, 0.4) is 0 Å². The number of nitrogens with one attached hydrogen (secondary N) is 1. The average Bonchev–Trinajstić information content (AvgIpc) is 2.57. The van der Waals surface area contributed by atoms with E-state index in [-0.39, 0.29) is 0 Å². The monoisotopic (exact) mass is 183 g/mol. The van der Waals surface area contributed by atoms with Crippen molar-refractivity contribution >= 4 is 17.2 Å².